The van der Waals surface area contributed by atoms with Crippen molar-refractivity contribution < 1.29 is 9.47 Å². The molecule has 0 saturated heterocycles. The SMILES string of the molecule is COc1c(I)cc(Cn2ccc3cc(OCc4ccccc4)ccc32)cc1I. The highest BCUT2D eigenvalue weighted by atomic mass is 127. The van der Waals surface area contributed by atoms with Crippen LogP contribution >= 0.6 is 45.2 Å². The second-order valence-corrected chi connectivity index (χ2v) is 8.86. The minimum Gasteiger partial charge on any atom is -0.495 e. The molecule has 3 nitrogen and oxygen atoms in total. The summed E-state index contributed by atoms with van der Waals surface area (Å²) in [7, 11) is 1.72. The van der Waals surface area contributed by atoms with Gasteiger partial charge >= 0.3 is 0 Å². The fraction of sp³-hybridized carbons (Fsp3) is 0.130. The van der Waals surface area contributed by atoms with Crippen LogP contribution in [0.25, 0.3) is 10.9 Å². The van der Waals surface area contributed by atoms with Crippen molar-refractivity contribution in [1.82, 2.24) is 4.57 Å². The topological polar surface area (TPSA) is 23.4 Å². The van der Waals surface area contributed by atoms with E-state index in [0.717, 1.165) is 25.2 Å². The van der Waals surface area contributed by atoms with Crippen molar-refractivity contribution in [1.29, 1.82) is 0 Å². The average Bonchev–Trinajstić information content (AvgIpc) is 3.09. The molecule has 0 bridgehead atoms. The molecule has 0 amide bonds. The molecule has 142 valence electrons. The monoisotopic (exact) mass is 595 g/mol. The molecule has 0 radical (unpaired) electrons. The van der Waals surface area contributed by atoms with Crippen molar-refractivity contribution in [3.8, 4) is 11.5 Å². The van der Waals surface area contributed by atoms with E-state index >= 15 is 0 Å². The number of methoxy groups -OCH3 is 1. The molecule has 5 heteroatoms. The summed E-state index contributed by atoms with van der Waals surface area (Å²) in [5.74, 6) is 1.84. The molecule has 4 rings (SSSR count). The Bertz CT molecular complexity index is 1080. The summed E-state index contributed by atoms with van der Waals surface area (Å²) in [6.07, 6.45) is 2.13. The first-order valence-electron chi connectivity index (χ1n) is 8.91. The number of halogens is 2. The first kappa shape index (κ1) is 19.6. The molecule has 0 atom stereocenters. The lowest BCUT2D eigenvalue weighted by Crippen LogP contribution is -2.01. The van der Waals surface area contributed by atoms with Crippen LogP contribution in [-0.2, 0) is 13.2 Å². The Kier molecular flexibility index (Phi) is 6.10. The molecule has 0 fully saturated rings. The molecule has 0 aliphatic rings. The van der Waals surface area contributed by atoms with Crippen LogP contribution in [0.5, 0.6) is 11.5 Å². The van der Waals surface area contributed by atoms with Crippen LogP contribution < -0.4 is 9.47 Å². The van der Waals surface area contributed by atoms with E-state index in [4.69, 9.17) is 9.47 Å². The summed E-state index contributed by atoms with van der Waals surface area (Å²) in [6, 6.07) is 23.0. The van der Waals surface area contributed by atoms with Crippen LogP contribution in [0.4, 0.5) is 0 Å². The predicted octanol–water partition coefficient (Wildman–Crippen LogP) is 6.49. The number of ether oxygens (including phenoxy) is 2. The van der Waals surface area contributed by atoms with E-state index in [9.17, 15) is 0 Å². The zero-order valence-corrected chi connectivity index (χ0v) is 19.7. The third-order valence-corrected chi connectivity index (χ3v) is 6.21. The lowest BCUT2D eigenvalue weighted by atomic mass is 10.2. The number of nitrogens with zero attached hydrogens (tertiary/aromatic N) is 1. The number of fused-ring (bicyclic) bond motifs is 1. The molecule has 0 spiro atoms. The maximum absolute atomic E-state index is 5.96. The largest absolute Gasteiger partial charge is 0.495 e. The minimum atomic E-state index is 0.579. The van der Waals surface area contributed by atoms with E-state index < -0.39 is 0 Å². The normalized spacial score (nSPS) is 11.0. The zero-order valence-electron chi connectivity index (χ0n) is 15.4. The number of aromatic nitrogens is 1. The Morgan fingerprint density at radius 1 is 0.857 bits per heavy atom. The van der Waals surface area contributed by atoms with Gasteiger partial charge in [-0.05, 0) is 92.7 Å². The second-order valence-electron chi connectivity index (χ2n) is 6.53. The smallest absolute Gasteiger partial charge is 0.145 e. The third kappa shape index (κ3) is 4.30. The second kappa shape index (κ2) is 8.73. The Morgan fingerprint density at radius 3 is 2.32 bits per heavy atom. The molecule has 0 aliphatic carbocycles. The van der Waals surface area contributed by atoms with Crippen LogP contribution in [0.15, 0.2) is 72.9 Å². The van der Waals surface area contributed by atoms with Crippen molar-refractivity contribution in [2.24, 2.45) is 0 Å². The summed E-state index contributed by atoms with van der Waals surface area (Å²) < 4.78 is 16.0. The predicted molar refractivity (Wildman–Crippen MR) is 130 cm³/mol. The van der Waals surface area contributed by atoms with Gasteiger partial charge < -0.3 is 14.0 Å². The molecule has 0 aliphatic heterocycles. The maximum atomic E-state index is 5.96. The van der Waals surface area contributed by atoms with Crippen LogP contribution in [0.1, 0.15) is 11.1 Å². The van der Waals surface area contributed by atoms with E-state index in [1.165, 1.54) is 22.0 Å². The van der Waals surface area contributed by atoms with E-state index in [2.05, 4.69) is 98.4 Å². The highest BCUT2D eigenvalue weighted by molar-refractivity contribution is 14.1. The van der Waals surface area contributed by atoms with Crippen molar-refractivity contribution in [3.63, 3.8) is 0 Å². The van der Waals surface area contributed by atoms with Gasteiger partial charge in [-0.3, -0.25) is 0 Å². The fourth-order valence-electron chi connectivity index (χ4n) is 3.24. The van der Waals surface area contributed by atoms with Crippen molar-refractivity contribution in [2.45, 2.75) is 13.2 Å². The number of hydrogen-bond donors (Lipinski definition) is 0. The molecule has 0 unspecified atom stereocenters. The zero-order chi connectivity index (χ0) is 19.5. The molecule has 3 aromatic carbocycles. The van der Waals surface area contributed by atoms with Gasteiger partial charge in [0.25, 0.3) is 0 Å². The van der Waals surface area contributed by atoms with Crippen molar-refractivity contribution in [2.75, 3.05) is 7.11 Å². The molecule has 0 saturated carbocycles. The molecule has 28 heavy (non-hydrogen) atoms. The van der Waals surface area contributed by atoms with E-state index in [-0.39, 0.29) is 0 Å². The summed E-state index contributed by atoms with van der Waals surface area (Å²) in [6.45, 7) is 1.40. The van der Waals surface area contributed by atoms with Gasteiger partial charge in [0.2, 0.25) is 0 Å². The Balaban J connectivity index is 1.53. The Morgan fingerprint density at radius 2 is 1.61 bits per heavy atom. The summed E-state index contributed by atoms with van der Waals surface area (Å²) in [5, 5.41) is 1.18. The van der Waals surface area contributed by atoms with Crippen LogP contribution in [0.3, 0.4) is 0 Å². The Labute approximate surface area is 191 Å². The highest BCUT2D eigenvalue weighted by Gasteiger charge is 2.09. The van der Waals surface area contributed by atoms with Gasteiger partial charge in [-0.1, -0.05) is 30.3 Å². The van der Waals surface area contributed by atoms with Gasteiger partial charge in [-0.2, -0.15) is 0 Å². The first-order chi connectivity index (χ1) is 13.6. The van der Waals surface area contributed by atoms with Gasteiger partial charge in [-0.25, -0.2) is 0 Å². The molecular formula is C23H19I2NO2. The fourth-order valence-corrected chi connectivity index (χ4v) is 5.58. The third-order valence-electron chi connectivity index (χ3n) is 4.61. The standard InChI is InChI=1S/C23H19I2NO2/c1-27-23-20(24)11-17(12-21(23)25)14-26-10-9-18-13-19(7-8-22(18)26)28-15-16-5-3-2-4-6-16/h2-13H,14-15H2,1H3. The van der Waals surface area contributed by atoms with Crippen LogP contribution in [-0.4, -0.2) is 11.7 Å². The number of rotatable bonds is 6. The maximum Gasteiger partial charge on any atom is 0.145 e. The first-order valence-corrected chi connectivity index (χ1v) is 11.1. The lowest BCUT2D eigenvalue weighted by molar-refractivity contribution is 0.306. The van der Waals surface area contributed by atoms with Gasteiger partial charge in [0.15, 0.2) is 0 Å². The van der Waals surface area contributed by atoms with Gasteiger partial charge in [0.1, 0.15) is 18.1 Å². The van der Waals surface area contributed by atoms with Crippen LogP contribution in [0.2, 0.25) is 0 Å². The molecule has 4 aromatic rings. The number of hydrogen-bond acceptors (Lipinski definition) is 2. The van der Waals surface area contributed by atoms with E-state index in [0.29, 0.717) is 6.61 Å². The summed E-state index contributed by atoms with van der Waals surface area (Å²) in [5.41, 5.74) is 3.63. The van der Waals surface area contributed by atoms with Crippen molar-refractivity contribution in [3.05, 3.63) is 91.2 Å². The van der Waals surface area contributed by atoms with Gasteiger partial charge in [-0.15, -0.1) is 0 Å². The average molecular weight is 595 g/mol. The van der Waals surface area contributed by atoms with Gasteiger partial charge in [0.05, 0.1) is 14.3 Å². The van der Waals surface area contributed by atoms with E-state index in [1.807, 2.05) is 24.3 Å². The minimum absolute atomic E-state index is 0.579. The van der Waals surface area contributed by atoms with E-state index in [1.54, 1.807) is 7.11 Å². The molecular weight excluding hydrogens is 576 g/mol. The molecule has 0 N–H and O–H groups in total. The Hall–Kier alpha value is -1.74. The quantitative estimate of drug-likeness (QED) is 0.238. The summed E-state index contributed by atoms with van der Waals surface area (Å²) >= 11 is 4.67. The summed E-state index contributed by atoms with van der Waals surface area (Å²) in [4.78, 5) is 0. The molecule has 1 aromatic heterocycles. The van der Waals surface area contributed by atoms with Crippen molar-refractivity contribution >= 4 is 56.1 Å². The lowest BCUT2D eigenvalue weighted by Gasteiger charge is -2.11. The van der Waals surface area contributed by atoms with Crippen LogP contribution in [0, 0.1) is 7.14 Å². The van der Waals surface area contributed by atoms with Gasteiger partial charge in [0, 0.05) is 23.6 Å². The molecule has 1 heterocycles. The highest BCUT2D eigenvalue weighted by Crippen LogP contribution is 2.30. The number of benzene rings is 3.